The van der Waals surface area contributed by atoms with Gasteiger partial charge in [-0.1, -0.05) is 6.92 Å². The molecule has 0 bridgehead atoms. The zero-order chi connectivity index (χ0) is 14.7. The molecule has 2 saturated heterocycles. The van der Waals surface area contributed by atoms with Crippen LogP contribution in [0.2, 0.25) is 0 Å². The highest BCUT2D eigenvalue weighted by molar-refractivity contribution is 4.98. The van der Waals surface area contributed by atoms with Crippen LogP contribution in [-0.2, 0) is 0 Å². The molecule has 122 valence electrons. The van der Waals surface area contributed by atoms with Crippen LogP contribution in [0.5, 0.6) is 0 Å². The van der Waals surface area contributed by atoms with Crippen molar-refractivity contribution in [2.75, 3.05) is 52.4 Å². The Morgan fingerprint density at radius 3 is 2.38 bits per heavy atom. The topological polar surface area (TPSA) is 35.7 Å². The standard InChI is InChI=1S/C17H34N4/c1-2-8-19-9-3-6-17(15-18,7-10-19)21-13-11-20(12-14-21)16-4-5-16/h16H,2-15,18H2,1H3. The molecule has 0 aromatic heterocycles. The van der Waals surface area contributed by atoms with Crippen LogP contribution in [-0.4, -0.2) is 78.6 Å². The van der Waals surface area contributed by atoms with Gasteiger partial charge in [0.05, 0.1) is 0 Å². The van der Waals surface area contributed by atoms with Gasteiger partial charge in [-0.2, -0.15) is 0 Å². The van der Waals surface area contributed by atoms with Crippen LogP contribution in [0.25, 0.3) is 0 Å². The smallest absolute Gasteiger partial charge is 0.0345 e. The van der Waals surface area contributed by atoms with E-state index in [0.717, 1.165) is 12.6 Å². The minimum absolute atomic E-state index is 0.290. The van der Waals surface area contributed by atoms with Crippen LogP contribution in [0.4, 0.5) is 0 Å². The number of nitrogens with zero attached hydrogens (tertiary/aromatic N) is 3. The monoisotopic (exact) mass is 294 g/mol. The maximum absolute atomic E-state index is 6.29. The van der Waals surface area contributed by atoms with E-state index in [0.29, 0.717) is 0 Å². The molecule has 1 saturated carbocycles. The number of rotatable bonds is 5. The Bertz CT molecular complexity index is 323. The lowest BCUT2D eigenvalue weighted by molar-refractivity contribution is 0.0241. The van der Waals surface area contributed by atoms with E-state index in [1.807, 2.05) is 0 Å². The Morgan fingerprint density at radius 2 is 1.76 bits per heavy atom. The van der Waals surface area contributed by atoms with Crippen LogP contribution in [0.1, 0.15) is 45.4 Å². The van der Waals surface area contributed by atoms with Gasteiger partial charge in [0, 0.05) is 44.3 Å². The Morgan fingerprint density at radius 1 is 1.00 bits per heavy atom. The summed E-state index contributed by atoms with van der Waals surface area (Å²) in [4.78, 5) is 8.11. The Balaban J connectivity index is 1.57. The highest BCUT2D eigenvalue weighted by atomic mass is 15.3. The summed E-state index contributed by atoms with van der Waals surface area (Å²) in [5.41, 5.74) is 6.58. The molecule has 1 aliphatic carbocycles. The first kappa shape index (κ1) is 15.7. The van der Waals surface area contributed by atoms with Crippen molar-refractivity contribution < 1.29 is 0 Å². The summed E-state index contributed by atoms with van der Waals surface area (Å²) in [6.07, 6.45) is 8.04. The first-order valence-corrected chi connectivity index (χ1v) is 9.19. The Kier molecular flexibility index (Phi) is 5.20. The zero-order valence-corrected chi connectivity index (χ0v) is 13.9. The van der Waals surface area contributed by atoms with E-state index in [4.69, 9.17) is 5.73 Å². The predicted molar refractivity (Wildman–Crippen MR) is 88.5 cm³/mol. The number of likely N-dealkylation sites (tertiary alicyclic amines) is 1. The van der Waals surface area contributed by atoms with Gasteiger partial charge in [-0.15, -0.1) is 0 Å². The average molecular weight is 294 g/mol. The molecule has 1 unspecified atom stereocenters. The molecule has 3 rings (SSSR count). The SMILES string of the molecule is CCCN1CCCC(CN)(N2CCN(C3CC3)CC2)CC1. The van der Waals surface area contributed by atoms with E-state index in [2.05, 4.69) is 21.6 Å². The van der Waals surface area contributed by atoms with E-state index in [-0.39, 0.29) is 5.54 Å². The van der Waals surface area contributed by atoms with Crippen molar-refractivity contribution in [3.05, 3.63) is 0 Å². The molecule has 1 atom stereocenters. The summed E-state index contributed by atoms with van der Waals surface area (Å²) in [7, 11) is 0. The van der Waals surface area contributed by atoms with Gasteiger partial charge in [-0.05, 0) is 58.2 Å². The van der Waals surface area contributed by atoms with E-state index >= 15 is 0 Å². The highest BCUT2D eigenvalue weighted by Gasteiger charge is 2.40. The number of piperazine rings is 1. The highest BCUT2D eigenvalue weighted by Crippen LogP contribution is 2.32. The first-order chi connectivity index (χ1) is 10.3. The molecule has 2 aliphatic heterocycles. The molecular formula is C17H34N4. The van der Waals surface area contributed by atoms with Crippen LogP contribution >= 0.6 is 0 Å². The summed E-state index contributed by atoms with van der Waals surface area (Å²) in [5, 5.41) is 0. The third-order valence-corrected chi connectivity index (χ3v) is 5.98. The second-order valence-corrected chi connectivity index (χ2v) is 7.38. The average Bonchev–Trinajstić information content (AvgIpc) is 3.36. The van der Waals surface area contributed by atoms with E-state index in [1.165, 1.54) is 84.3 Å². The third kappa shape index (κ3) is 3.61. The van der Waals surface area contributed by atoms with Gasteiger partial charge < -0.3 is 10.6 Å². The lowest BCUT2D eigenvalue weighted by Crippen LogP contribution is -2.60. The quantitative estimate of drug-likeness (QED) is 0.830. The summed E-state index contributed by atoms with van der Waals surface area (Å²) < 4.78 is 0. The van der Waals surface area contributed by atoms with Gasteiger partial charge in [0.1, 0.15) is 0 Å². The van der Waals surface area contributed by atoms with Crippen LogP contribution in [0, 0.1) is 0 Å². The maximum atomic E-state index is 6.29. The minimum Gasteiger partial charge on any atom is -0.329 e. The van der Waals surface area contributed by atoms with Crippen molar-refractivity contribution in [3.8, 4) is 0 Å². The number of nitrogens with two attached hydrogens (primary N) is 1. The summed E-state index contributed by atoms with van der Waals surface area (Å²) in [6, 6.07) is 0.926. The van der Waals surface area contributed by atoms with Gasteiger partial charge in [0.15, 0.2) is 0 Å². The van der Waals surface area contributed by atoms with Crippen molar-refractivity contribution >= 4 is 0 Å². The van der Waals surface area contributed by atoms with E-state index in [1.54, 1.807) is 0 Å². The van der Waals surface area contributed by atoms with Gasteiger partial charge in [-0.25, -0.2) is 0 Å². The van der Waals surface area contributed by atoms with Crippen LogP contribution in [0.3, 0.4) is 0 Å². The molecule has 0 aromatic carbocycles. The third-order valence-electron chi connectivity index (χ3n) is 5.98. The van der Waals surface area contributed by atoms with Gasteiger partial charge in [-0.3, -0.25) is 9.80 Å². The summed E-state index contributed by atoms with van der Waals surface area (Å²) in [5.74, 6) is 0. The fourth-order valence-corrected chi connectivity index (χ4v) is 4.43. The number of hydrogen-bond donors (Lipinski definition) is 1. The molecule has 21 heavy (non-hydrogen) atoms. The second-order valence-electron chi connectivity index (χ2n) is 7.38. The minimum atomic E-state index is 0.290. The van der Waals surface area contributed by atoms with E-state index in [9.17, 15) is 0 Å². The fraction of sp³-hybridized carbons (Fsp3) is 1.00. The van der Waals surface area contributed by atoms with Gasteiger partial charge in [0.2, 0.25) is 0 Å². The summed E-state index contributed by atoms with van der Waals surface area (Å²) in [6.45, 7) is 11.9. The molecular weight excluding hydrogens is 260 g/mol. The number of hydrogen-bond acceptors (Lipinski definition) is 4. The molecule has 0 spiro atoms. The molecule has 2 N–H and O–H groups in total. The van der Waals surface area contributed by atoms with Crippen LogP contribution < -0.4 is 5.73 Å². The molecule has 4 heteroatoms. The molecule has 0 aromatic rings. The summed E-state index contributed by atoms with van der Waals surface area (Å²) >= 11 is 0. The molecule has 4 nitrogen and oxygen atoms in total. The molecule has 0 radical (unpaired) electrons. The van der Waals surface area contributed by atoms with Crippen molar-refractivity contribution in [2.24, 2.45) is 5.73 Å². The maximum Gasteiger partial charge on any atom is 0.0345 e. The van der Waals surface area contributed by atoms with Crippen molar-refractivity contribution in [1.29, 1.82) is 0 Å². The molecule has 3 fully saturated rings. The zero-order valence-electron chi connectivity index (χ0n) is 13.9. The van der Waals surface area contributed by atoms with Gasteiger partial charge >= 0.3 is 0 Å². The molecule has 0 amide bonds. The van der Waals surface area contributed by atoms with E-state index < -0.39 is 0 Å². The Hall–Kier alpha value is -0.160. The fourth-order valence-electron chi connectivity index (χ4n) is 4.43. The lowest BCUT2D eigenvalue weighted by Gasteiger charge is -2.47. The van der Waals surface area contributed by atoms with Gasteiger partial charge in [0.25, 0.3) is 0 Å². The van der Waals surface area contributed by atoms with Crippen molar-refractivity contribution in [1.82, 2.24) is 14.7 Å². The Labute approximate surface area is 130 Å². The van der Waals surface area contributed by atoms with Crippen molar-refractivity contribution in [2.45, 2.75) is 57.0 Å². The first-order valence-electron chi connectivity index (χ1n) is 9.19. The molecule has 3 aliphatic rings. The molecule has 2 heterocycles. The largest absolute Gasteiger partial charge is 0.329 e. The predicted octanol–water partition coefficient (Wildman–Crippen LogP) is 1.36. The second kappa shape index (κ2) is 6.95. The lowest BCUT2D eigenvalue weighted by atomic mass is 9.87. The van der Waals surface area contributed by atoms with Crippen molar-refractivity contribution in [3.63, 3.8) is 0 Å². The normalized spacial score (nSPS) is 34.0. The van der Waals surface area contributed by atoms with Crippen LogP contribution in [0.15, 0.2) is 0 Å².